The van der Waals surface area contributed by atoms with E-state index in [1.807, 2.05) is 6.92 Å². The lowest BCUT2D eigenvalue weighted by Gasteiger charge is -2.25. The van der Waals surface area contributed by atoms with Crippen LogP contribution in [0.4, 0.5) is 13.2 Å². The highest BCUT2D eigenvalue weighted by atomic mass is 127. The van der Waals surface area contributed by atoms with Crippen LogP contribution in [0.2, 0.25) is 0 Å². The summed E-state index contributed by atoms with van der Waals surface area (Å²) in [4.78, 5) is 14.9. The molecule has 9 heteroatoms. The molecule has 3 N–H and O–H groups in total. The number of nitrogens with zero attached hydrogens (tertiary/aromatic N) is 1. The molecule has 1 aliphatic rings. The van der Waals surface area contributed by atoms with Crippen LogP contribution in [0.1, 0.15) is 26.2 Å². The van der Waals surface area contributed by atoms with E-state index in [1.54, 1.807) is 0 Å². The van der Waals surface area contributed by atoms with Gasteiger partial charge in [-0.15, -0.1) is 24.0 Å². The maximum Gasteiger partial charge on any atom is 0.390 e. The number of aliphatic imine (C=N–C) groups is 1. The maximum absolute atomic E-state index is 12.0. The normalized spacial score (nSPS) is 19.9. The molecule has 0 aromatic carbocycles. The van der Waals surface area contributed by atoms with E-state index in [-0.39, 0.29) is 42.5 Å². The minimum absolute atomic E-state index is 0. The molecule has 5 nitrogen and oxygen atoms in total. The van der Waals surface area contributed by atoms with Gasteiger partial charge in [0, 0.05) is 25.6 Å². The Morgan fingerprint density at radius 1 is 1.50 bits per heavy atom. The van der Waals surface area contributed by atoms with Crippen LogP contribution >= 0.6 is 24.0 Å². The van der Waals surface area contributed by atoms with Gasteiger partial charge in [0.25, 0.3) is 0 Å². The number of halogens is 4. The van der Waals surface area contributed by atoms with Crippen molar-refractivity contribution in [2.75, 3.05) is 19.6 Å². The highest BCUT2D eigenvalue weighted by Crippen LogP contribution is 2.18. The number of carbonyl (C=O) groups is 1. The predicted octanol–water partition coefficient (Wildman–Crippen LogP) is 1.39. The van der Waals surface area contributed by atoms with Crippen molar-refractivity contribution >= 4 is 35.8 Å². The number of carbonyl (C=O) groups excluding carboxylic acids is 1. The summed E-state index contributed by atoms with van der Waals surface area (Å²) in [5.41, 5.74) is 0. The Bertz CT molecular complexity index is 326. The molecule has 0 bridgehead atoms. The molecule has 0 aromatic rings. The first-order valence-corrected chi connectivity index (χ1v) is 6.29. The predicted molar refractivity (Wildman–Crippen MR) is 81.2 cm³/mol. The van der Waals surface area contributed by atoms with Crippen molar-refractivity contribution in [3.05, 3.63) is 0 Å². The third-order valence-corrected chi connectivity index (χ3v) is 2.62. The van der Waals surface area contributed by atoms with Gasteiger partial charge in [0.05, 0.1) is 13.0 Å². The Morgan fingerprint density at radius 3 is 2.70 bits per heavy atom. The van der Waals surface area contributed by atoms with Crippen molar-refractivity contribution in [1.29, 1.82) is 0 Å². The number of hydrogen-bond acceptors (Lipinski definition) is 2. The molecule has 1 atom stereocenters. The van der Waals surface area contributed by atoms with Crippen LogP contribution in [0.5, 0.6) is 0 Å². The topological polar surface area (TPSA) is 65.5 Å². The molecule has 20 heavy (non-hydrogen) atoms. The van der Waals surface area contributed by atoms with E-state index in [0.29, 0.717) is 31.9 Å². The number of alkyl halides is 3. The second kappa shape index (κ2) is 9.24. The number of hydrogen-bond donors (Lipinski definition) is 3. The number of piperidine rings is 1. The fourth-order valence-electron chi connectivity index (χ4n) is 1.66. The van der Waals surface area contributed by atoms with E-state index < -0.39 is 12.6 Å². The molecule has 1 unspecified atom stereocenters. The molecule has 1 rings (SSSR count). The third kappa shape index (κ3) is 8.43. The lowest BCUT2D eigenvalue weighted by molar-refractivity contribution is -0.132. The molecule has 0 aliphatic carbocycles. The van der Waals surface area contributed by atoms with Crippen molar-refractivity contribution in [1.82, 2.24) is 16.0 Å². The smallest absolute Gasteiger partial charge is 0.357 e. The number of rotatable bonds is 4. The Kier molecular flexibility index (Phi) is 8.90. The molecule has 0 saturated carbocycles. The lowest BCUT2D eigenvalue weighted by Crippen LogP contribution is -2.51. The van der Waals surface area contributed by atoms with Crippen molar-refractivity contribution in [2.45, 2.75) is 38.4 Å². The van der Waals surface area contributed by atoms with Crippen LogP contribution in [-0.4, -0.2) is 43.7 Å². The Hall–Kier alpha value is -0.740. The molecular weight excluding hydrogens is 388 g/mol. The monoisotopic (exact) mass is 408 g/mol. The zero-order valence-electron chi connectivity index (χ0n) is 11.2. The van der Waals surface area contributed by atoms with Gasteiger partial charge in [-0.3, -0.25) is 9.79 Å². The quantitative estimate of drug-likeness (QED) is 0.374. The van der Waals surface area contributed by atoms with Gasteiger partial charge in [-0.25, -0.2) is 0 Å². The summed E-state index contributed by atoms with van der Waals surface area (Å²) in [7, 11) is 0. The summed E-state index contributed by atoms with van der Waals surface area (Å²) in [5, 5.41) is 8.60. The van der Waals surface area contributed by atoms with Crippen LogP contribution in [0.25, 0.3) is 0 Å². The maximum atomic E-state index is 12.0. The summed E-state index contributed by atoms with van der Waals surface area (Å²) >= 11 is 0. The van der Waals surface area contributed by atoms with Gasteiger partial charge in [0.15, 0.2) is 5.96 Å². The largest absolute Gasteiger partial charge is 0.390 e. The summed E-state index contributed by atoms with van der Waals surface area (Å²) in [6, 6.07) is 0.00128. The fraction of sp³-hybridized carbons (Fsp3) is 0.818. The fourth-order valence-corrected chi connectivity index (χ4v) is 1.66. The SMILES string of the molecule is CCNC(=NCCC(F)(F)F)NC1CCC(=O)NC1.I. The van der Waals surface area contributed by atoms with Crippen molar-refractivity contribution in [3.63, 3.8) is 0 Å². The summed E-state index contributed by atoms with van der Waals surface area (Å²) in [6.45, 7) is 2.56. The lowest BCUT2D eigenvalue weighted by atomic mass is 10.1. The molecular formula is C11H20F3IN4O. The third-order valence-electron chi connectivity index (χ3n) is 2.62. The van der Waals surface area contributed by atoms with Crippen LogP contribution in [0.3, 0.4) is 0 Å². The van der Waals surface area contributed by atoms with E-state index in [2.05, 4.69) is 20.9 Å². The Balaban J connectivity index is 0.00000361. The van der Waals surface area contributed by atoms with Gasteiger partial charge in [0.2, 0.25) is 5.91 Å². The number of amides is 1. The molecule has 1 heterocycles. The molecule has 0 radical (unpaired) electrons. The van der Waals surface area contributed by atoms with Gasteiger partial charge in [0.1, 0.15) is 0 Å². The molecule has 1 fully saturated rings. The first-order chi connectivity index (χ1) is 8.90. The average Bonchev–Trinajstić information content (AvgIpc) is 2.30. The van der Waals surface area contributed by atoms with E-state index in [4.69, 9.17) is 0 Å². The molecule has 1 amide bonds. The van der Waals surface area contributed by atoms with Crippen LogP contribution in [-0.2, 0) is 4.79 Å². The van der Waals surface area contributed by atoms with E-state index in [1.165, 1.54) is 0 Å². The molecule has 1 aliphatic heterocycles. The summed E-state index contributed by atoms with van der Waals surface area (Å²) < 4.78 is 36.1. The van der Waals surface area contributed by atoms with Gasteiger partial charge >= 0.3 is 6.18 Å². The van der Waals surface area contributed by atoms with E-state index >= 15 is 0 Å². The summed E-state index contributed by atoms with van der Waals surface area (Å²) in [6.07, 6.45) is -4.07. The zero-order valence-corrected chi connectivity index (χ0v) is 13.5. The standard InChI is InChI=1S/C11H19F3N4O.HI/c1-2-15-10(16-6-5-11(12,13)14)18-8-3-4-9(19)17-7-8;/h8H,2-7H2,1H3,(H,17,19)(H2,15,16,18);1H. The highest BCUT2D eigenvalue weighted by molar-refractivity contribution is 14.0. The highest BCUT2D eigenvalue weighted by Gasteiger charge is 2.26. The Labute approximate surface area is 133 Å². The molecule has 0 spiro atoms. The second-order valence-corrected chi connectivity index (χ2v) is 4.31. The van der Waals surface area contributed by atoms with Crippen molar-refractivity contribution in [3.8, 4) is 0 Å². The number of guanidine groups is 1. The molecule has 0 aromatic heterocycles. The average molecular weight is 408 g/mol. The van der Waals surface area contributed by atoms with Crippen LogP contribution < -0.4 is 16.0 Å². The van der Waals surface area contributed by atoms with E-state index in [0.717, 1.165) is 0 Å². The van der Waals surface area contributed by atoms with Crippen molar-refractivity contribution in [2.24, 2.45) is 4.99 Å². The minimum atomic E-state index is -4.19. The van der Waals surface area contributed by atoms with Gasteiger partial charge in [-0.05, 0) is 13.3 Å². The summed E-state index contributed by atoms with van der Waals surface area (Å²) in [5.74, 6) is 0.352. The van der Waals surface area contributed by atoms with Gasteiger partial charge in [-0.2, -0.15) is 13.2 Å². The van der Waals surface area contributed by atoms with Crippen molar-refractivity contribution < 1.29 is 18.0 Å². The molecule has 1 saturated heterocycles. The number of nitrogens with one attached hydrogen (secondary N) is 3. The minimum Gasteiger partial charge on any atom is -0.357 e. The zero-order chi connectivity index (χ0) is 14.3. The van der Waals surface area contributed by atoms with E-state index in [9.17, 15) is 18.0 Å². The molecule has 118 valence electrons. The van der Waals surface area contributed by atoms with Crippen LogP contribution in [0.15, 0.2) is 4.99 Å². The van der Waals surface area contributed by atoms with Gasteiger partial charge in [-0.1, -0.05) is 0 Å². The second-order valence-electron chi connectivity index (χ2n) is 4.31. The first kappa shape index (κ1) is 19.3. The Morgan fingerprint density at radius 2 is 2.20 bits per heavy atom. The first-order valence-electron chi connectivity index (χ1n) is 6.29. The van der Waals surface area contributed by atoms with Crippen LogP contribution in [0, 0.1) is 0 Å². The van der Waals surface area contributed by atoms with Gasteiger partial charge < -0.3 is 16.0 Å².